The van der Waals surface area contributed by atoms with Crippen molar-refractivity contribution in [3.8, 4) is 22.4 Å². The Hall–Kier alpha value is -4.60. The van der Waals surface area contributed by atoms with E-state index in [9.17, 15) is 22.8 Å². The number of nitrogens with one attached hydrogen (secondary N) is 1. The number of halogens is 3. The Kier molecular flexibility index (Phi) is 6.04. The van der Waals surface area contributed by atoms with Crippen molar-refractivity contribution in [2.24, 2.45) is 12.8 Å². The number of nitrogen functional groups attached to an aromatic ring is 1. The second-order valence-electron chi connectivity index (χ2n) is 7.80. The number of nitrogens with zero attached hydrogens (tertiary/aromatic N) is 2. The van der Waals surface area contributed by atoms with E-state index in [1.165, 1.54) is 29.1 Å². The van der Waals surface area contributed by atoms with Crippen LogP contribution in [0, 0.1) is 0 Å². The lowest BCUT2D eigenvalue weighted by molar-refractivity contribution is -0.137. The van der Waals surface area contributed by atoms with Crippen molar-refractivity contribution >= 4 is 23.2 Å². The predicted octanol–water partition coefficient (Wildman–Crippen LogP) is 4.71. The van der Waals surface area contributed by atoms with Gasteiger partial charge in [0, 0.05) is 41.3 Å². The molecule has 35 heavy (non-hydrogen) atoms. The Bertz CT molecular complexity index is 1430. The molecule has 0 saturated heterocycles. The molecule has 0 saturated carbocycles. The molecule has 0 fully saturated rings. The third kappa shape index (κ3) is 4.86. The van der Waals surface area contributed by atoms with Gasteiger partial charge >= 0.3 is 6.18 Å². The number of carbonyl (C=O) groups is 2. The first-order valence-electron chi connectivity index (χ1n) is 10.4. The number of alkyl halides is 3. The zero-order valence-electron chi connectivity index (χ0n) is 18.4. The number of hydrogen-bond donors (Lipinski definition) is 3. The van der Waals surface area contributed by atoms with Crippen LogP contribution in [-0.4, -0.2) is 21.6 Å². The zero-order valence-corrected chi connectivity index (χ0v) is 18.4. The minimum absolute atomic E-state index is 0.00146. The molecule has 0 aliphatic heterocycles. The van der Waals surface area contributed by atoms with Crippen LogP contribution < -0.4 is 16.8 Å². The number of carbonyl (C=O) groups excluding carboxylic acids is 2. The highest BCUT2D eigenvalue weighted by molar-refractivity contribution is 6.09. The molecule has 0 bridgehead atoms. The lowest BCUT2D eigenvalue weighted by Gasteiger charge is -2.16. The molecule has 3 aromatic carbocycles. The van der Waals surface area contributed by atoms with Crippen molar-refractivity contribution in [1.29, 1.82) is 0 Å². The molecule has 0 atom stereocenters. The van der Waals surface area contributed by atoms with E-state index in [1.807, 2.05) is 6.07 Å². The van der Waals surface area contributed by atoms with Crippen LogP contribution in [0.1, 0.15) is 26.3 Å². The maximum absolute atomic E-state index is 13.6. The first kappa shape index (κ1) is 23.6. The van der Waals surface area contributed by atoms with Gasteiger partial charge in [0.05, 0.1) is 16.8 Å². The fourth-order valence-corrected chi connectivity index (χ4v) is 3.69. The molecule has 2 amide bonds. The van der Waals surface area contributed by atoms with Crippen LogP contribution in [0.4, 0.5) is 24.5 Å². The zero-order chi connectivity index (χ0) is 25.3. The molecule has 1 aromatic heterocycles. The Balaban J connectivity index is 1.79. The second kappa shape index (κ2) is 8.98. The number of aryl methyl sites for hydroxylation is 1. The molecule has 0 unspecified atom stereocenters. The number of primary amides is 1. The largest absolute Gasteiger partial charge is 0.417 e. The Morgan fingerprint density at radius 2 is 1.69 bits per heavy atom. The van der Waals surface area contributed by atoms with Gasteiger partial charge in [-0.15, -0.1) is 0 Å². The van der Waals surface area contributed by atoms with Crippen LogP contribution in [0.5, 0.6) is 0 Å². The molecule has 1 heterocycles. The van der Waals surface area contributed by atoms with E-state index in [2.05, 4.69) is 10.4 Å². The smallest absolute Gasteiger partial charge is 0.398 e. The summed E-state index contributed by atoms with van der Waals surface area (Å²) in [6.45, 7) is 0. The number of anilines is 2. The van der Waals surface area contributed by atoms with Gasteiger partial charge in [-0.25, -0.2) is 0 Å². The third-order valence-electron chi connectivity index (χ3n) is 5.36. The topological polar surface area (TPSA) is 116 Å². The van der Waals surface area contributed by atoms with E-state index in [0.29, 0.717) is 11.1 Å². The van der Waals surface area contributed by atoms with Gasteiger partial charge in [-0.2, -0.15) is 18.3 Å². The van der Waals surface area contributed by atoms with Gasteiger partial charge in [-0.1, -0.05) is 30.3 Å². The molecule has 0 aliphatic rings. The van der Waals surface area contributed by atoms with Crippen LogP contribution in [0.2, 0.25) is 0 Å². The minimum Gasteiger partial charge on any atom is -0.398 e. The standard InChI is InChI=1S/C25H20F3N5O2/c1-33-10-9-21(32-33)17-11-15(7-8-19(17)25(26,27)28)24(35)31-22-13-18(23(30)34)20(29)12-16(22)14-5-3-2-4-6-14/h2-13H,29H2,1H3,(H2,30,34)(H,31,35). The van der Waals surface area contributed by atoms with Gasteiger partial charge < -0.3 is 16.8 Å². The highest BCUT2D eigenvalue weighted by Gasteiger charge is 2.34. The highest BCUT2D eigenvalue weighted by atomic mass is 19.4. The minimum atomic E-state index is -4.64. The summed E-state index contributed by atoms with van der Waals surface area (Å²) in [4.78, 5) is 25.0. The van der Waals surface area contributed by atoms with E-state index in [0.717, 1.165) is 18.2 Å². The lowest BCUT2D eigenvalue weighted by Crippen LogP contribution is -2.17. The van der Waals surface area contributed by atoms with Crippen molar-refractivity contribution in [2.45, 2.75) is 6.18 Å². The van der Waals surface area contributed by atoms with Gasteiger partial charge in [-0.3, -0.25) is 14.3 Å². The maximum Gasteiger partial charge on any atom is 0.417 e. The second-order valence-corrected chi connectivity index (χ2v) is 7.80. The molecule has 4 aromatic rings. The van der Waals surface area contributed by atoms with Crippen LogP contribution in [-0.2, 0) is 13.2 Å². The number of nitrogens with two attached hydrogens (primary N) is 2. The van der Waals surface area contributed by atoms with Crippen molar-refractivity contribution in [2.75, 3.05) is 11.1 Å². The van der Waals surface area contributed by atoms with Crippen LogP contribution in [0.3, 0.4) is 0 Å². The van der Waals surface area contributed by atoms with Crippen molar-refractivity contribution < 1.29 is 22.8 Å². The number of rotatable bonds is 5. The molecule has 7 nitrogen and oxygen atoms in total. The summed E-state index contributed by atoms with van der Waals surface area (Å²) < 4.78 is 42.3. The maximum atomic E-state index is 13.6. The van der Waals surface area contributed by atoms with Crippen LogP contribution in [0.15, 0.2) is 72.9 Å². The Morgan fingerprint density at radius 3 is 2.29 bits per heavy atom. The summed E-state index contributed by atoms with van der Waals surface area (Å²) in [7, 11) is 1.58. The summed E-state index contributed by atoms with van der Waals surface area (Å²) in [5.41, 5.74) is 11.9. The summed E-state index contributed by atoms with van der Waals surface area (Å²) >= 11 is 0. The first-order valence-corrected chi connectivity index (χ1v) is 10.4. The van der Waals surface area contributed by atoms with E-state index in [1.54, 1.807) is 31.3 Å². The van der Waals surface area contributed by atoms with Crippen molar-refractivity contribution in [1.82, 2.24) is 9.78 Å². The third-order valence-corrected chi connectivity index (χ3v) is 5.36. The van der Waals surface area contributed by atoms with Crippen LogP contribution in [0.25, 0.3) is 22.4 Å². The molecule has 4 rings (SSSR count). The Labute approximate surface area is 198 Å². The highest BCUT2D eigenvalue weighted by Crippen LogP contribution is 2.38. The average molecular weight is 479 g/mol. The molecule has 0 aliphatic carbocycles. The molecule has 0 radical (unpaired) electrons. The lowest BCUT2D eigenvalue weighted by atomic mass is 9.98. The fraction of sp³-hybridized carbons (Fsp3) is 0.0800. The van der Waals surface area contributed by atoms with E-state index >= 15 is 0 Å². The summed E-state index contributed by atoms with van der Waals surface area (Å²) in [5.74, 6) is -1.47. The molecular weight excluding hydrogens is 459 g/mol. The van der Waals surface area contributed by atoms with Gasteiger partial charge in [0.2, 0.25) is 0 Å². The monoisotopic (exact) mass is 479 g/mol. The van der Waals surface area contributed by atoms with Gasteiger partial charge in [0.25, 0.3) is 11.8 Å². The molecule has 0 spiro atoms. The number of amides is 2. The summed E-state index contributed by atoms with van der Waals surface area (Å²) in [5, 5.41) is 6.73. The summed E-state index contributed by atoms with van der Waals surface area (Å²) in [6.07, 6.45) is -3.14. The normalized spacial score (nSPS) is 11.3. The Morgan fingerprint density at radius 1 is 0.971 bits per heavy atom. The van der Waals surface area contributed by atoms with Crippen molar-refractivity contribution in [3.05, 3.63) is 89.6 Å². The van der Waals surface area contributed by atoms with Crippen molar-refractivity contribution in [3.63, 3.8) is 0 Å². The number of aromatic nitrogens is 2. The van der Waals surface area contributed by atoms with Gasteiger partial charge in [0.1, 0.15) is 0 Å². The molecule has 10 heteroatoms. The quantitative estimate of drug-likeness (QED) is 0.360. The van der Waals surface area contributed by atoms with Gasteiger partial charge in [0.15, 0.2) is 0 Å². The summed E-state index contributed by atoms with van der Waals surface area (Å²) in [6, 6.07) is 16.3. The van der Waals surface area contributed by atoms with E-state index in [4.69, 9.17) is 11.5 Å². The fourth-order valence-electron chi connectivity index (χ4n) is 3.69. The van der Waals surface area contributed by atoms with E-state index in [-0.39, 0.29) is 33.8 Å². The molecular formula is C25H20F3N5O2. The number of hydrogen-bond acceptors (Lipinski definition) is 4. The predicted molar refractivity (Wildman–Crippen MR) is 126 cm³/mol. The van der Waals surface area contributed by atoms with E-state index < -0.39 is 23.6 Å². The molecule has 5 N–H and O–H groups in total. The van der Waals surface area contributed by atoms with Gasteiger partial charge in [-0.05, 0) is 42.0 Å². The van der Waals surface area contributed by atoms with Crippen LogP contribution >= 0.6 is 0 Å². The average Bonchev–Trinajstić information content (AvgIpc) is 3.25. The molecule has 178 valence electrons. The number of benzene rings is 3. The first-order chi connectivity index (χ1) is 16.5. The SMILES string of the molecule is Cn1ccc(-c2cc(C(=O)Nc3cc(C(N)=O)c(N)cc3-c3ccccc3)ccc2C(F)(F)F)n1.